The maximum absolute atomic E-state index is 11.0. The van der Waals surface area contributed by atoms with Crippen LogP contribution >= 0.6 is 15.2 Å². The molecule has 0 saturated heterocycles. The number of ether oxygens (including phenoxy) is 1. The fourth-order valence-electron chi connectivity index (χ4n) is 1.03. The van der Waals surface area contributed by atoms with Gasteiger partial charge < -0.3 is 30.0 Å². The van der Waals surface area contributed by atoms with E-state index in [4.69, 9.17) is 30.0 Å². The molecule has 0 heterocycles. The van der Waals surface area contributed by atoms with Gasteiger partial charge in [0.2, 0.25) is 5.02 Å². The molecule has 0 unspecified atom stereocenters. The number of hydrogen-bond donors (Lipinski definition) is 5. The minimum Gasteiger partial charge on any atom is -0.381 e. The van der Waals surface area contributed by atoms with Crippen molar-refractivity contribution in [2.45, 2.75) is 31.2 Å². The van der Waals surface area contributed by atoms with Gasteiger partial charge in [0.05, 0.1) is 0 Å². The molecule has 104 valence electrons. The van der Waals surface area contributed by atoms with Crippen molar-refractivity contribution in [1.29, 1.82) is 0 Å². The van der Waals surface area contributed by atoms with Crippen molar-refractivity contribution in [2.75, 3.05) is 13.2 Å². The molecule has 0 rings (SSSR count). The zero-order valence-electron chi connectivity index (χ0n) is 9.52. The van der Waals surface area contributed by atoms with E-state index in [-0.39, 0.29) is 6.61 Å². The molecule has 10 heteroatoms. The molecule has 0 atom stereocenters. The van der Waals surface area contributed by atoms with Crippen LogP contribution in [0.15, 0.2) is 0 Å². The Morgan fingerprint density at radius 3 is 1.94 bits per heavy atom. The molecule has 0 fully saturated rings. The number of nitrogens with two attached hydrogens (primary N) is 1. The van der Waals surface area contributed by atoms with Crippen LogP contribution in [-0.4, -0.2) is 37.8 Å². The molecule has 0 aliphatic heterocycles. The van der Waals surface area contributed by atoms with Crippen LogP contribution in [0.1, 0.15) is 26.2 Å². The predicted molar refractivity (Wildman–Crippen MR) is 61.4 cm³/mol. The summed E-state index contributed by atoms with van der Waals surface area (Å²) in [6.07, 6.45) is 1.03. The Kier molecular flexibility index (Phi) is 6.49. The summed E-state index contributed by atoms with van der Waals surface area (Å²) < 4.78 is 27.1. The highest BCUT2D eigenvalue weighted by molar-refractivity contribution is 7.72. The van der Waals surface area contributed by atoms with E-state index in [2.05, 4.69) is 0 Å². The van der Waals surface area contributed by atoms with E-state index < -0.39 is 26.6 Å². The smallest absolute Gasteiger partial charge is 0.357 e. The van der Waals surface area contributed by atoms with Crippen LogP contribution in [0.3, 0.4) is 0 Å². The minimum atomic E-state index is -5.13. The van der Waals surface area contributed by atoms with Crippen molar-refractivity contribution in [3.63, 3.8) is 0 Å². The van der Waals surface area contributed by atoms with Crippen molar-refractivity contribution in [3.8, 4) is 0 Å². The molecule has 0 aromatic carbocycles. The molecule has 0 bridgehead atoms. The van der Waals surface area contributed by atoms with Crippen molar-refractivity contribution in [2.24, 2.45) is 5.73 Å². The summed E-state index contributed by atoms with van der Waals surface area (Å²) >= 11 is 0. The second-order valence-corrected chi connectivity index (χ2v) is 7.81. The van der Waals surface area contributed by atoms with Crippen molar-refractivity contribution in [3.05, 3.63) is 0 Å². The van der Waals surface area contributed by atoms with Gasteiger partial charge in [0.15, 0.2) is 0 Å². The highest BCUT2D eigenvalue weighted by Gasteiger charge is 2.56. The van der Waals surface area contributed by atoms with Crippen molar-refractivity contribution < 1.29 is 33.4 Å². The van der Waals surface area contributed by atoms with E-state index >= 15 is 0 Å². The molecule has 0 aromatic heterocycles. The van der Waals surface area contributed by atoms with Crippen LogP contribution in [0.4, 0.5) is 0 Å². The van der Waals surface area contributed by atoms with E-state index in [1.807, 2.05) is 6.92 Å². The van der Waals surface area contributed by atoms with Gasteiger partial charge in [-0.15, -0.1) is 0 Å². The summed E-state index contributed by atoms with van der Waals surface area (Å²) in [5, 5.41) is -2.87. The van der Waals surface area contributed by atoms with Crippen LogP contribution in [0.25, 0.3) is 0 Å². The summed E-state index contributed by atoms with van der Waals surface area (Å²) in [4.78, 5) is 35.7. The molecule has 0 radical (unpaired) electrons. The maximum atomic E-state index is 11.0. The maximum Gasteiger partial charge on any atom is 0.357 e. The van der Waals surface area contributed by atoms with Gasteiger partial charge >= 0.3 is 15.2 Å². The average Bonchev–Trinajstić information content (AvgIpc) is 2.13. The Morgan fingerprint density at radius 1 is 1.12 bits per heavy atom. The highest BCUT2D eigenvalue weighted by Crippen LogP contribution is 2.67. The minimum absolute atomic E-state index is 0.216. The number of rotatable bonds is 8. The molecule has 0 amide bonds. The first-order valence-corrected chi connectivity index (χ1v) is 8.26. The third kappa shape index (κ3) is 4.77. The van der Waals surface area contributed by atoms with Gasteiger partial charge in [-0.3, -0.25) is 9.13 Å². The van der Waals surface area contributed by atoms with Crippen molar-refractivity contribution in [1.82, 2.24) is 0 Å². The number of hydrogen-bond acceptors (Lipinski definition) is 4. The van der Waals surface area contributed by atoms with E-state index in [1.165, 1.54) is 0 Å². The summed E-state index contributed by atoms with van der Waals surface area (Å²) in [6.45, 7) is 2.07. The first kappa shape index (κ1) is 17.2. The van der Waals surface area contributed by atoms with Gasteiger partial charge in [0, 0.05) is 19.6 Å². The van der Waals surface area contributed by atoms with Crippen LogP contribution < -0.4 is 5.73 Å². The normalized spacial score (nSPS) is 14.0. The van der Waals surface area contributed by atoms with Gasteiger partial charge in [0.25, 0.3) is 0 Å². The zero-order valence-corrected chi connectivity index (χ0v) is 11.3. The summed E-state index contributed by atoms with van der Waals surface area (Å²) in [6, 6.07) is 0. The molecule has 6 N–H and O–H groups in total. The molecular formula is C7H19NO7P2. The molecule has 0 aromatic rings. The molecule has 0 aliphatic rings. The lowest BCUT2D eigenvalue weighted by atomic mass is 10.4. The van der Waals surface area contributed by atoms with Crippen LogP contribution in [0.5, 0.6) is 0 Å². The summed E-state index contributed by atoms with van der Waals surface area (Å²) in [5.41, 5.74) is 5.16. The largest absolute Gasteiger partial charge is 0.381 e. The lowest BCUT2D eigenvalue weighted by molar-refractivity contribution is 0.121. The lowest BCUT2D eigenvalue weighted by Gasteiger charge is -2.30. The van der Waals surface area contributed by atoms with Gasteiger partial charge in [-0.2, -0.15) is 0 Å². The highest BCUT2D eigenvalue weighted by atomic mass is 31.2. The van der Waals surface area contributed by atoms with Crippen LogP contribution in [0, 0.1) is 0 Å². The summed E-state index contributed by atoms with van der Waals surface area (Å²) in [7, 11) is -10.3. The fraction of sp³-hybridized carbons (Fsp3) is 1.00. The first-order chi connectivity index (χ1) is 7.56. The Labute approximate surface area is 99.5 Å². The zero-order chi connectivity index (χ0) is 13.7. The van der Waals surface area contributed by atoms with E-state index in [9.17, 15) is 9.13 Å². The average molecular weight is 291 g/mol. The van der Waals surface area contributed by atoms with E-state index in [1.54, 1.807) is 0 Å². The topological polar surface area (TPSA) is 150 Å². The van der Waals surface area contributed by atoms with E-state index in [0.29, 0.717) is 6.61 Å². The van der Waals surface area contributed by atoms with Gasteiger partial charge in [0.1, 0.15) is 0 Å². The van der Waals surface area contributed by atoms with Crippen LogP contribution in [-0.2, 0) is 13.9 Å². The fourth-order valence-corrected chi connectivity index (χ4v) is 3.15. The second kappa shape index (κ2) is 6.41. The molecule has 0 saturated carbocycles. The second-order valence-electron chi connectivity index (χ2n) is 3.68. The molecular weight excluding hydrogens is 272 g/mol. The summed E-state index contributed by atoms with van der Waals surface area (Å²) in [5.74, 6) is 0. The molecule has 17 heavy (non-hydrogen) atoms. The lowest BCUT2D eigenvalue weighted by Crippen LogP contribution is -2.40. The van der Waals surface area contributed by atoms with Gasteiger partial charge in [-0.1, -0.05) is 13.3 Å². The van der Waals surface area contributed by atoms with Gasteiger partial charge in [-0.25, -0.2) is 0 Å². The standard InChI is InChI=1S/C7H19NO7P2/c1-2-3-5-15-6-4-7(8,16(9,10)11)17(12,13)14/h2-6,8H2,1H3,(H2,9,10,11)(H2,12,13,14). The van der Waals surface area contributed by atoms with Crippen LogP contribution in [0.2, 0.25) is 0 Å². The Hall–Kier alpha value is 0.220. The van der Waals surface area contributed by atoms with E-state index in [0.717, 1.165) is 12.8 Å². The third-order valence-corrected chi connectivity index (χ3v) is 6.29. The number of unbranched alkanes of at least 4 members (excludes halogenated alkanes) is 1. The molecule has 0 spiro atoms. The van der Waals surface area contributed by atoms with Crippen molar-refractivity contribution >= 4 is 15.2 Å². The predicted octanol–water partition coefficient (Wildman–Crippen LogP) is 0.161. The molecule has 8 nitrogen and oxygen atoms in total. The monoisotopic (exact) mass is 291 g/mol. The Bertz CT molecular complexity index is 300. The Morgan fingerprint density at radius 2 is 1.59 bits per heavy atom. The first-order valence-electron chi connectivity index (χ1n) is 5.04. The Balaban J connectivity index is 4.55. The van der Waals surface area contributed by atoms with Gasteiger partial charge in [-0.05, 0) is 6.42 Å². The SMILES string of the molecule is CCCCOCCC(N)(P(=O)(O)O)P(=O)(O)O. The third-order valence-electron chi connectivity index (χ3n) is 2.27. The quantitative estimate of drug-likeness (QED) is 0.313. The molecule has 0 aliphatic carbocycles.